The number of benzene rings is 1. The molecular formula is C20H33O8P. The summed E-state index contributed by atoms with van der Waals surface area (Å²) in [5.41, 5.74) is 0.263. The molecule has 1 aliphatic rings. The van der Waals surface area contributed by atoms with Crippen molar-refractivity contribution in [2.45, 2.75) is 58.7 Å². The number of rotatable bonds is 11. The Bertz CT molecular complexity index is 655. The van der Waals surface area contributed by atoms with Crippen LogP contribution in [0.15, 0.2) is 24.3 Å². The number of phosphoric ester groups is 1. The molecule has 1 saturated heterocycles. The molecule has 1 fully saturated rings. The van der Waals surface area contributed by atoms with Crippen LogP contribution in [0.2, 0.25) is 0 Å². The summed E-state index contributed by atoms with van der Waals surface area (Å²) < 4.78 is 51.3. The molecule has 1 heterocycles. The van der Waals surface area contributed by atoms with E-state index < -0.39 is 19.7 Å². The number of ether oxygens (including phenoxy) is 4. The zero-order valence-electron chi connectivity index (χ0n) is 18.1. The van der Waals surface area contributed by atoms with E-state index in [9.17, 15) is 4.57 Å². The summed E-state index contributed by atoms with van der Waals surface area (Å²) in [6.45, 7) is 10.00. The Balaban J connectivity index is 1.71. The van der Waals surface area contributed by atoms with E-state index >= 15 is 0 Å². The fourth-order valence-corrected chi connectivity index (χ4v) is 4.21. The summed E-state index contributed by atoms with van der Waals surface area (Å²) in [7, 11) is -2.04. The van der Waals surface area contributed by atoms with Crippen molar-refractivity contribution in [3.05, 3.63) is 29.8 Å². The maximum absolute atomic E-state index is 12.7. The summed E-state index contributed by atoms with van der Waals surface area (Å²) in [5, 5.41) is 0. The summed E-state index contributed by atoms with van der Waals surface area (Å²) >= 11 is 0. The van der Waals surface area contributed by atoms with Crippen LogP contribution in [0.1, 0.15) is 46.5 Å². The lowest BCUT2D eigenvalue weighted by Crippen LogP contribution is -2.22. The van der Waals surface area contributed by atoms with E-state index in [-0.39, 0.29) is 25.4 Å². The lowest BCUT2D eigenvalue weighted by atomic mass is 10.2. The minimum absolute atomic E-state index is 0.0789. The predicted molar refractivity (Wildman–Crippen MR) is 108 cm³/mol. The highest BCUT2D eigenvalue weighted by Gasteiger charge is 2.34. The van der Waals surface area contributed by atoms with Gasteiger partial charge in [0.15, 0.2) is 6.29 Å². The Kier molecular flexibility index (Phi) is 9.10. The first kappa shape index (κ1) is 24.3. The van der Waals surface area contributed by atoms with Gasteiger partial charge in [-0.05, 0) is 46.8 Å². The summed E-state index contributed by atoms with van der Waals surface area (Å²) in [6, 6.07) is 7.53. The van der Waals surface area contributed by atoms with Gasteiger partial charge in [-0.1, -0.05) is 12.1 Å². The molecule has 2 rings (SSSR count). The van der Waals surface area contributed by atoms with Crippen LogP contribution in [0.4, 0.5) is 0 Å². The van der Waals surface area contributed by atoms with Crippen LogP contribution in [-0.4, -0.2) is 51.3 Å². The third-order valence-corrected chi connectivity index (χ3v) is 5.59. The molecule has 9 heteroatoms. The Morgan fingerprint density at radius 2 is 1.86 bits per heavy atom. The Morgan fingerprint density at radius 3 is 2.45 bits per heavy atom. The van der Waals surface area contributed by atoms with Crippen LogP contribution < -0.4 is 4.74 Å². The van der Waals surface area contributed by atoms with Gasteiger partial charge in [-0.2, -0.15) is 0 Å². The predicted octanol–water partition coefficient (Wildman–Crippen LogP) is 4.49. The Labute approximate surface area is 173 Å². The van der Waals surface area contributed by atoms with Gasteiger partial charge in [-0.25, -0.2) is 4.57 Å². The SMILES string of the molecule is COc1ccc(C2OCC(COCCOP(=O)(OC(C)C)OC(C)(C)C)O2)cc1. The van der Waals surface area contributed by atoms with Gasteiger partial charge >= 0.3 is 7.82 Å². The van der Waals surface area contributed by atoms with Crippen molar-refractivity contribution < 1.29 is 37.1 Å². The summed E-state index contributed by atoms with van der Waals surface area (Å²) in [5.74, 6) is 0.779. The highest BCUT2D eigenvalue weighted by atomic mass is 31.2. The second-order valence-corrected chi connectivity index (χ2v) is 9.46. The third kappa shape index (κ3) is 8.72. The quantitative estimate of drug-likeness (QED) is 0.374. The minimum atomic E-state index is -3.67. The van der Waals surface area contributed by atoms with Crippen molar-refractivity contribution >= 4 is 7.82 Å². The van der Waals surface area contributed by atoms with Gasteiger partial charge < -0.3 is 18.9 Å². The third-order valence-electron chi connectivity index (χ3n) is 3.64. The largest absolute Gasteiger partial charge is 0.497 e. The molecule has 8 nitrogen and oxygen atoms in total. The molecule has 0 amide bonds. The zero-order chi connectivity index (χ0) is 21.5. The van der Waals surface area contributed by atoms with Crippen molar-refractivity contribution in [3.8, 4) is 5.75 Å². The summed E-state index contributed by atoms with van der Waals surface area (Å²) in [6.07, 6.45) is -0.903. The summed E-state index contributed by atoms with van der Waals surface area (Å²) in [4.78, 5) is 0. The lowest BCUT2D eigenvalue weighted by molar-refractivity contribution is -0.0754. The number of methoxy groups -OCH3 is 1. The van der Waals surface area contributed by atoms with Gasteiger partial charge in [0.1, 0.15) is 11.9 Å². The van der Waals surface area contributed by atoms with E-state index in [0.717, 1.165) is 11.3 Å². The number of hydrogen-bond acceptors (Lipinski definition) is 8. The van der Waals surface area contributed by atoms with Crippen LogP contribution in [0.25, 0.3) is 0 Å². The second kappa shape index (κ2) is 10.9. The maximum atomic E-state index is 12.7. The van der Waals surface area contributed by atoms with Gasteiger partial charge in [0.2, 0.25) is 0 Å². The zero-order valence-corrected chi connectivity index (χ0v) is 19.0. The van der Waals surface area contributed by atoms with Gasteiger partial charge in [0.25, 0.3) is 0 Å². The molecule has 3 atom stereocenters. The molecule has 0 N–H and O–H groups in total. The van der Waals surface area contributed by atoms with Crippen molar-refractivity contribution in [2.75, 3.05) is 33.5 Å². The molecular weight excluding hydrogens is 399 g/mol. The molecule has 0 aromatic heterocycles. The van der Waals surface area contributed by atoms with E-state index in [4.69, 9.17) is 32.5 Å². The average molecular weight is 432 g/mol. The normalized spacial score (nSPS) is 22.0. The number of phosphoric acid groups is 1. The monoisotopic (exact) mass is 432 g/mol. The standard InChI is InChI=1S/C20H33O8P/c1-15(2)27-29(21,28-20(3,4)5)25-12-11-23-13-18-14-24-19(26-18)16-7-9-17(22-6)10-8-16/h7-10,15,18-19H,11-14H2,1-6H3. The van der Waals surface area contributed by atoms with E-state index in [1.807, 2.05) is 24.3 Å². The molecule has 1 aromatic carbocycles. The molecule has 0 spiro atoms. The molecule has 0 aliphatic carbocycles. The van der Waals surface area contributed by atoms with Crippen LogP contribution in [0.3, 0.4) is 0 Å². The first-order chi connectivity index (χ1) is 13.6. The molecule has 1 aromatic rings. The molecule has 0 radical (unpaired) electrons. The molecule has 0 saturated carbocycles. The van der Waals surface area contributed by atoms with Crippen molar-refractivity contribution in [2.24, 2.45) is 0 Å². The molecule has 29 heavy (non-hydrogen) atoms. The van der Waals surface area contributed by atoms with Gasteiger partial charge in [0, 0.05) is 5.56 Å². The van der Waals surface area contributed by atoms with Crippen molar-refractivity contribution in [3.63, 3.8) is 0 Å². The molecule has 166 valence electrons. The second-order valence-electron chi connectivity index (χ2n) is 7.91. The van der Waals surface area contributed by atoms with E-state index in [1.54, 1.807) is 41.7 Å². The van der Waals surface area contributed by atoms with Gasteiger partial charge in [-0.3, -0.25) is 13.6 Å². The fourth-order valence-electron chi connectivity index (χ4n) is 2.57. The average Bonchev–Trinajstić information content (AvgIpc) is 3.08. The first-order valence-electron chi connectivity index (χ1n) is 9.73. The fraction of sp³-hybridized carbons (Fsp3) is 0.700. The topological polar surface area (TPSA) is 81.7 Å². The van der Waals surface area contributed by atoms with Crippen LogP contribution in [-0.2, 0) is 32.3 Å². The molecule has 0 bridgehead atoms. The van der Waals surface area contributed by atoms with E-state index in [2.05, 4.69) is 0 Å². The Hall–Kier alpha value is -0.990. The van der Waals surface area contributed by atoms with Gasteiger partial charge in [-0.15, -0.1) is 0 Å². The minimum Gasteiger partial charge on any atom is -0.497 e. The lowest BCUT2D eigenvalue weighted by Gasteiger charge is -2.27. The van der Waals surface area contributed by atoms with Gasteiger partial charge in [0.05, 0.1) is 45.2 Å². The van der Waals surface area contributed by atoms with E-state index in [0.29, 0.717) is 13.2 Å². The molecule has 3 unspecified atom stereocenters. The van der Waals surface area contributed by atoms with Crippen LogP contribution in [0, 0.1) is 0 Å². The highest BCUT2D eigenvalue weighted by Crippen LogP contribution is 2.53. The van der Waals surface area contributed by atoms with Crippen LogP contribution >= 0.6 is 7.82 Å². The smallest absolute Gasteiger partial charge is 0.475 e. The maximum Gasteiger partial charge on any atom is 0.475 e. The van der Waals surface area contributed by atoms with Crippen molar-refractivity contribution in [1.29, 1.82) is 0 Å². The van der Waals surface area contributed by atoms with E-state index in [1.165, 1.54) is 0 Å². The Morgan fingerprint density at radius 1 is 1.17 bits per heavy atom. The van der Waals surface area contributed by atoms with Crippen LogP contribution in [0.5, 0.6) is 5.75 Å². The highest BCUT2D eigenvalue weighted by molar-refractivity contribution is 7.48. The number of hydrogen-bond donors (Lipinski definition) is 0. The molecule has 1 aliphatic heterocycles. The first-order valence-corrected chi connectivity index (χ1v) is 11.2. The van der Waals surface area contributed by atoms with Crippen molar-refractivity contribution in [1.82, 2.24) is 0 Å².